The van der Waals surface area contributed by atoms with Crippen molar-refractivity contribution in [1.82, 2.24) is 0 Å². The van der Waals surface area contributed by atoms with Gasteiger partial charge in [-0.1, -0.05) is 0 Å². The number of rotatable bonds is 1. The van der Waals surface area contributed by atoms with E-state index in [2.05, 4.69) is 0 Å². The number of aldehydes is 1. The van der Waals surface area contributed by atoms with Crippen molar-refractivity contribution >= 4 is 12.6 Å². The van der Waals surface area contributed by atoms with Crippen LogP contribution < -0.4 is 0 Å². The minimum atomic E-state index is 0. The average Bonchev–Trinajstić information content (AvgIpc) is 1.37. The van der Waals surface area contributed by atoms with Crippen molar-refractivity contribution in [2.75, 3.05) is 0 Å². The molecule has 0 aliphatic carbocycles. The largest absolute Gasteiger partial charge is 1.00 e. The Bertz CT molecular complexity index is 28.6. The molecule has 0 N–H and O–H groups in total. The van der Waals surface area contributed by atoms with Gasteiger partial charge < -0.3 is 0 Å². The summed E-state index contributed by atoms with van der Waals surface area (Å²) in [6.07, 6.45) is 1.07. The molecule has 0 rings (SSSR count). The fraction of sp³-hybridized carbons (Fsp3) is 0. The normalized spacial score (nSPS) is 5.00. The molecule has 0 aromatic rings. The molecule has 0 aliphatic heterocycles. The molecule has 2 nitrogen and oxygen atoms in total. The van der Waals surface area contributed by atoms with Crippen LogP contribution in [0.3, 0.4) is 0 Å². The molecule has 2 heteroatoms. The SMILES string of the molecule is O=[C]C=O.[H+]. The number of carbonyl (C=O) groups is 1. The summed E-state index contributed by atoms with van der Waals surface area (Å²) >= 11 is 0. The van der Waals surface area contributed by atoms with Crippen molar-refractivity contribution in [3.05, 3.63) is 0 Å². The van der Waals surface area contributed by atoms with Crippen LogP contribution in [-0.2, 0) is 9.59 Å². The highest BCUT2D eigenvalue weighted by atomic mass is 16.2. The molecule has 0 aromatic carbocycles. The second kappa shape index (κ2) is 2.34. The van der Waals surface area contributed by atoms with Crippen molar-refractivity contribution in [2.24, 2.45) is 0 Å². The van der Waals surface area contributed by atoms with Gasteiger partial charge >= 0.3 is 1.43 Å². The summed E-state index contributed by atoms with van der Waals surface area (Å²) in [6, 6.07) is 0. The van der Waals surface area contributed by atoms with Crippen LogP contribution in [0, 0.1) is 0 Å². The van der Waals surface area contributed by atoms with Crippen LogP contribution in [0.1, 0.15) is 1.43 Å². The van der Waals surface area contributed by atoms with Gasteiger partial charge in [0, 0.05) is 0 Å². The Morgan fingerprint density at radius 3 is 2.25 bits per heavy atom. The maximum absolute atomic E-state index is 8.75. The smallest absolute Gasteiger partial charge is 0.294 e. The quantitative estimate of drug-likeness (QED) is 0.298. The third kappa shape index (κ3) is 1.34. The maximum Gasteiger partial charge on any atom is 1.00 e. The molecule has 0 fully saturated rings. The monoisotopic (exact) mass is 58.0 g/mol. The molecular formula is C2H2O2+. The Morgan fingerprint density at radius 1 is 2.00 bits per heavy atom. The van der Waals surface area contributed by atoms with E-state index in [9.17, 15) is 0 Å². The van der Waals surface area contributed by atoms with E-state index in [1.165, 1.54) is 0 Å². The minimum Gasteiger partial charge on any atom is -0.294 e. The number of hydrogen-bond acceptors (Lipinski definition) is 2. The van der Waals surface area contributed by atoms with Crippen molar-refractivity contribution < 1.29 is 11.0 Å². The molecule has 0 bridgehead atoms. The summed E-state index contributed by atoms with van der Waals surface area (Å²) in [5.41, 5.74) is 0. The lowest BCUT2D eigenvalue weighted by molar-refractivity contribution is -0.102. The molecular weight excluding hydrogens is 56.0 g/mol. The summed E-state index contributed by atoms with van der Waals surface area (Å²) in [6.45, 7) is 0. The molecule has 0 aliphatic rings. The van der Waals surface area contributed by atoms with Crippen LogP contribution in [0.2, 0.25) is 0 Å². The van der Waals surface area contributed by atoms with Gasteiger partial charge in [-0.25, -0.2) is 0 Å². The zero-order valence-corrected chi connectivity index (χ0v) is 1.89. The maximum atomic E-state index is 8.75. The van der Waals surface area contributed by atoms with Gasteiger partial charge in [-0.05, 0) is 0 Å². The van der Waals surface area contributed by atoms with Crippen LogP contribution in [0.5, 0.6) is 0 Å². The first-order valence-corrected chi connectivity index (χ1v) is 0.729. The molecule has 0 atom stereocenters. The highest BCUT2D eigenvalue weighted by Crippen LogP contribution is 1.12. The lowest BCUT2D eigenvalue weighted by atomic mass is 10.9. The van der Waals surface area contributed by atoms with Gasteiger partial charge in [0.05, 0.1) is 0 Å². The van der Waals surface area contributed by atoms with Crippen molar-refractivity contribution in [3.63, 3.8) is 0 Å². The second-order valence-corrected chi connectivity index (χ2v) is 0.236. The summed E-state index contributed by atoms with van der Waals surface area (Å²) < 4.78 is 0. The van der Waals surface area contributed by atoms with E-state index in [0.29, 0.717) is 0 Å². The minimum absolute atomic E-state index is 0. The molecule has 0 aromatic heterocycles. The van der Waals surface area contributed by atoms with E-state index in [1.54, 1.807) is 0 Å². The van der Waals surface area contributed by atoms with Gasteiger partial charge in [-0.2, -0.15) is 0 Å². The third-order valence-electron chi connectivity index (χ3n) is 0.0481. The Balaban J connectivity index is 0. The molecule has 0 saturated heterocycles. The fourth-order valence-corrected chi connectivity index (χ4v) is 0. The van der Waals surface area contributed by atoms with Gasteiger partial charge in [0.15, 0.2) is 6.29 Å². The molecule has 0 heterocycles. The Kier molecular flexibility index (Phi) is 1.95. The summed E-state index contributed by atoms with van der Waals surface area (Å²) in [7, 11) is 0. The number of carbonyl (C=O) groups excluding carboxylic acids is 2. The van der Waals surface area contributed by atoms with Gasteiger partial charge in [-0.3, -0.25) is 9.59 Å². The van der Waals surface area contributed by atoms with Gasteiger partial charge in [-0.15, -0.1) is 0 Å². The number of hydrogen-bond donors (Lipinski definition) is 0. The molecule has 21 valence electrons. The lowest BCUT2D eigenvalue weighted by Gasteiger charge is -1.28. The van der Waals surface area contributed by atoms with Crippen LogP contribution >= 0.6 is 0 Å². The molecule has 4 heavy (non-hydrogen) atoms. The molecule has 0 spiro atoms. The zero-order chi connectivity index (χ0) is 3.41. The van der Waals surface area contributed by atoms with E-state index in [-0.39, 0.29) is 7.71 Å². The van der Waals surface area contributed by atoms with Crippen LogP contribution in [0.15, 0.2) is 0 Å². The fourth-order valence-electron chi connectivity index (χ4n) is 0. The van der Waals surface area contributed by atoms with E-state index >= 15 is 0 Å². The predicted molar refractivity (Wildman–Crippen MR) is 12.9 cm³/mol. The summed E-state index contributed by atoms with van der Waals surface area (Å²) in [4.78, 5) is 17.4. The molecule has 0 unspecified atom stereocenters. The zero-order valence-electron chi connectivity index (χ0n) is 2.89. The molecule has 1 radical (unpaired) electrons. The second-order valence-electron chi connectivity index (χ2n) is 0.236. The van der Waals surface area contributed by atoms with Crippen molar-refractivity contribution in [1.29, 1.82) is 0 Å². The van der Waals surface area contributed by atoms with E-state index < -0.39 is 0 Å². The average molecular weight is 58.0 g/mol. The van der Waals surface area contributed by atoms with Crippen LogP contribution in [0.4, 0.5) is 0 Å². The van der Waals surface area contributed by atoms with Gasteiger partial charge in [0.1, 0.15) is 0 Å². The first-order valence-electron chi connectivity index (χ1n) is 0.729. The Labute approximate surface area is 24.9 Å². The van der Waals surface area contributed by atoms with Gasteiger partial charge in [0.2, 0.25) is 0 Å². The van der Waals surface area contributed by atoms with E-state index in [4.69, 9.17) is 9.59 Å². The summed E-state index contributed by atoms with van der Waals surface area (Å²) in [5, 5.41) is 0. The van der Waals surface area contributed by atoms with E-state index in [0.717, 1.165) is 6.29 Å². The first kappa shape index (κ1) is 3.34. The van der Waals surface area contributed by atoms with Crippen molar-refractivity contribution in [2.45, 2.75) is 0 Å². The molecule has 0 amide bonds. The topological polar surface area (TPSA) is 34.1 Å². The highest BCUT2D eigenvalue weighted by Gasteiger charge is 1.51. The third-order valence-corrected chi connectivity index (χ3v) is 0.0481. The first-order chi connectivity index (χ1) is 1.91. The van der Waals surface area contributed by atoms with Crippen molar-refractivity contribution in [3.8, 4) is 0 Å². The van der Waals surface area contributed by atoms with Gasteiger partial charge in [0.25, 0.3) is 6.29 Å². The predicted octanol–water partition coefficient (Wildman–Crippen LogP) is -0.593. The molecule has 0 saturated carbocycles. The van der Waals surface area contributed by atoms with Crippen LogP contribution in [-0.4, -0.2) is 12.6 Å². The standard InChI is InChI=1S/C2HO2/c3-1-2-4/h1H/p+1. The van der Waals surface area contributed by atoms with E-state index in [1.807, 2.05) is 0 Å². The Hall–Kier alpha value is -0.660. The Morgan fingerprint density at radius 2 is 2.25 bits per heavy atom. The summed E-state index contributed by atoms with van der Waals surface area (Å²) in [5.74, 6) is 0. The lowest BCUT2D eigenvalue weighted by Crippen LogP contribution is -1.62. The van der Waals surface area contributed by atoms with Crippen LogP contribution in [0.25, 0.3) is 0 Å². The highest BCUT2D eigenvalue weighted by molar-refractivity contribution is 6.09.